The number of anilines is 1. The van der Waals surface area contributed by atoms with E-state index >= 15 is 0 Å². The Morgan fingerprint density at radius 3 is 2.55 bits per heavy atom. The Morgan fingerprint density at radius 1 is 1.14 bits per heavy atom. The summed E-state index contributed by atoms with van der Waals surface area (Å²) in [7, 11) is 0. The van der Waals surface area contributed by atoms with Crippen LogP contribution in [0.5, 0.6) is 0 Å². The van der Waals surface area contributed by atoms with Crippen LogP contribution in [0.2, 0.25) is 5.15 Å². The normalized spacial score (nSPS) is 19.3. The number of ether oxygens (including phenoxy) is 1. The summed E-state index contributed by atoms with van der Waals surface area (Å²) in [5.41, 5.74) is 3.43. The Bertz CT molecular complexity index is 1010. The van der Waals surface area contributed by atoms with Crippen molar-refractivity contribution in [2.75, 3.05) is 18.4 Å². The van der Waals surface area contributed by atoms with E-state index in [1.807, 2.05) is 67.3 Å². The summed E-state index contributed by atoms with van der Waals surface area (Å²) >= 11 is 6.33. The van der Waals surface area contributed by atoms with Crippen molar-refractivity contribution in [3.8, 4) is 0 Å². The lowest BCUT2D eigenvalue weighted by molar-refractivity contribution is -0.0586. The zero-order chi connectivity index (χ0) is 20.4. The number of hydrogen-bond acceptors (Lipinski definition) is 4. The van der Waals surface area contributed by atoms with Gasteiger partial charge < -0.3 is 15.0 Å². The Morgan fingerprint density at radius 2 is 1.83 bits per heavy atom. The molecule has 150 valence electrons. The van der Waals surface area contributed by atoms with Crippen LogP contribution in [0.3, 0.4) is 0 Å². The van der Waals surface area contributed by atoms with Crippen molar-refractivity contribution in [3.63, 3.8) is 0 Å². The lowest BCUT2D eigenvalue weighted by Gasteiger charge is -2.35. The molecule has 1 saturated heterocycles. The minimum atomic E-state index is 0.0420. The van der Waals surface area contributed by atoms with E-state index in [1.54, 1.807) is 0 Å². The first-order valence-corrected chi connectivity index (χ1v) is 10.2. The highest BCUT2D eigenvalue weighted by Gasteiger charge is 2.26. The molecule has 4 rings (SSSR count). The number of carbonyl (C=O) groups is 1. The fourth-order valence-electron chi connectivity index (χ4n) is 3.71. The van der Waals surface area contributed by atoms with Gasteiger partial charge in [0.15, 0.2) is 0 Å². The molecular weight excluding hydrogens is 386 g/mol. The largest absolute Gasteiger partial charge is 0.381 e. The quantitative estimate of drug-likeness (QED) is 0.632. The summed E-state index contributed by atoms with van der Waals surface area (Å²) < 4.78 is 5.71. The molecule has 1 aromatic heterocycles. The predicted octanol–water partition coefficient (Wildman–Crippen LogP) is 4.75. The lowest BCUT2D eigenvalue weighted by atomic mass is 10.1. The van der Waals surface area contributed by atoms with Gasteiger partial charge in [-0.2, -0.15) is 0 Å². The third-order valence-corrected chi connectivity index (χ3v) is 5.40. The Kier molecular flexibility index (Phi) is 5.69. The Balaban J connectivity index is 1.42. The number of morpholine rings is 1. The maximum absolute atomic E-state index is 12.8. The van der Waals surface area contributed by atoms with Crippen molar-refractivity contribution >= 4 is 34.1 Å². The summed E-state index contributed by atoms with van der Waals surface area (Å²) in [6.07, 6.45) is 0.118. The molecule has 0 bridgehead atoms. The SMILES string of the molecule is CC1CN(C(=O)c2ccc(NCc3cc4ccccc4nc3Cl)cc2)CC(C)O1. The van der Waals surface area contributed by atoms with Gasteiger partial charge in [-0.15, -0.1) is 0 Å². The minimum absolute atomic E-state index is 0.0420. The van der Waals surface area contributed by atoms with Crippen molar-refractivity contribution < 1.29 is 9.53 Å². The first-order valence-electron chi connectivity index (χ1n) is 9.82. The highest BCUT2D eigenvalue weighted by atomic mass is 35.5. The van der Waals surface area contributed by atoms with Crippen molar-refractivity contribution in [3.05, 3.63) is 70.9 Å². The van der Waals surface area contributed by atoms with Crippen LogP contribution >= 0.6 is 11.6 Å². The average Bonchev–Trinajstić information content (AvgIpc) is 2.71. The molecule has 2 aromatic carbocycles. The number of halogens is 1. The van der Waals surface area contributed by atoms with Crippen molar-refractivity contribution in [2.24, 2.45) is 0 Å². The summed E-state index contributed by atoms with van der Waals surface area (Å²) in [6, 6.07) is 17.5. The van der Waals surface area contributed by atoms with E-state index in [0.717, 1.165) is 22.2 Å². The Labute approximate surface area is 175 Å². The van der Waals surface area contributed by atoms with Gasteiger partial charge >= 0.3 is 0 Å². The van der Waals surface area contributed by atoms with Gasteiger partial charge in [0.2, 0.25) is 0 Å². The van der Waals surface area contributed by atoms with Gasteiger partial charge in [0.25, 0.3) is 5.91 Å². The molecule has 3 aromatic rings. The zero-order valence-electron chi connectivity index (χ0n) is 16.6. The molecule has 1 aliphatic rings. The summed E-state index contributed by atoms with van der Waals surface area (Å²) in [6.45, 7) is 5.79. The number of rotatable bonds is 4. The van der Waals surface area contributed by atoms with Crippen molar-refractivity contribution in [1.29, 1.82) is 0 Å². The van der Waals surface area contributed by atoms with Crippen LogP contribution in [0.1, 0.15) is 29.8 Å². The third kappa shape index (κ3) is 4.52. The van der Waals surface area contributed by atoms with E-state index in [9.17, 15) is 4.79 Å². The van der Waals surface area contributed by atoms with Crippen LogP contribution in [0, 0.1) is 0 Å². The molecule has 2 unspecified atom stereocenters. The van der Waals surface area contributed by atoms with E-state index < -0.39 is 0 Å². The molecule has 29 heavy (non-hydrogen) atoms. The second kappa shape index (κ2) is 8.39. The number of para-hydroxylation sites is 1. The highest BCUT2D eigenvalue weighted by molar-refractivity contribution is 6.30. The number of aromatic nitrogens is 1. The molecule has 0 aliphatic carbocycles. The topological polar surface area (TPSA) is 54.5 Å². The highest BCUT2D eigenvalue weighted by Crippen LogP contribution is 2.22. The lowest BCUT2D eigenvalue weighted by Crippen LogP contribution is -2.48. The first kappa shape index (κ1) is 19.7. The predicted molar refractivity (Wildman–Crippen MR) is 116 cm³/mol. The molecule has 2 atom stereocenters. The monoisotopic (exact) mass is 409 g/mol. The molecule has 6 heteroatoms. The molecule has 0 radical (unpaired) electrons. The van der Waals surface area contributed by atoms with Gasteiger partial charge in [0.05, 0.1) is 17.7 Å². The molecule has 0 spiro atoms. The van der Waals surface area contributed by atoms with Crippen LogP contribution in [-0.2, 0) is 11.3 Å². The molecule has 1 aliphatic heterocycles. The number of benzene rings is 2. The standard InChI is InChI=1S/C23H24ClN3O2/c1-15-13-27(14-16(2)29-15)23(28)17-7-9-20(10-8-17)25-12-19-11-18-5-3-4-6-21(18)26-22(19)24/h3-11,15-16,25H,12-14H2,1-2H3. The third-order valence-electron chi connectivity index (χ3n) is 5.07. The van der Waals surface area contributed by atoms with Crippen LogP contribution in [0.15, 0.2) is 54.6 Å². The molecule has 1 amide bonds. The number of nitrogens with zero attached hydrogens (tertiary/aromatic N) is 2. The summed E-state index contributed by atoms with van der Waals surface area (Å²) in [5.74, 6) is 0.0420. The number of hydrogen-bond donors (Lipinski definition) is 1. The molecule has 2 heterocycles. The fraction of sp³-hybridized carbons (Fsp3) is 0.304. The Hall–Kier alpha value is -2.63. The maximum atomic E-state index is 12.8. The molecular formula is C23H24ClN3O2. The molecule has 5 nitrogen and oxygen atoms in total. The van der Waals surface area contributed by atoms with Crippen molar-refractivity contribution in [1.82, 2.24) is 9.88 Å². The fourth-order valence-corrected chi connectivity index (χ4v) is 3.93. The van der Waals surface area contributed by atoms with Crippen LogP contribution < -0.4 is 5.32 Å². The number of carbonyl (C=O) groups excluding carboxylic acids is 1. The van der Waals surface area contributed by atoms with Gasteiger partial charge in [0.1, 0.15) is 5.15 Å². The second-order valence-electron chi connectivity index (χ2n) is 7.53. The van der Waals surface area contributed by atoms with Crippen LogP contribution in [-0.4, -0.2) is 41.1 Å². The maximum Gasteiger partial charge on any atom is 0.254 e. The minimum Gasteiger partial charge on any atom is -0.381 e. The summed E-state index contributed by atoms with van der Waals surface area (Å²) in [5, 5.41) is 4.91. The van der Waals surface area contributed by atoms with Gasteiger partial charge in [-0.25, -0.2) is 4.98 Å². The van der Waals surface area contributed by atoms with Crippen LogP contribution in [0.25, 0.3) is 10.9 Å². The number of amides is 1. The van der Waals surface area contributed by atoms with E-state index in [2.05, 4.69) is 16.4 Å². The van der Waals surface area contributed by atoms with Crippen molar-refractivity contribution in [2.45, 2.75) is 32.6 Å². The van der Waals surface area contributed by atoms with Gasteiger partial charge in [-0.05, 0) is 50.2 Å². The van der Waals surface area contributed by atoms with Gasteiger partial charge in [-0.3, -0.25) is 4.79 Å². The molecule has 0 saturated carbocycles. The van der Waals surface area contributed by atoms with E-state index in [-0.39, 0.29) is 18.1 Å². The van der Waals surface area contributed by atoms with Gasteiger partial charge in [-0.1, -0.05) is 29.8 Å². The number of nitrogens with one attached hydrogen (secondary N) is 1. The molecule has 1 N–H and O–H groups in total. The number of fused-ring (bicyclic) bond motifs is 1. The zero-order valence-corrected chi connectivity index (χ0v) is 17.3. The molecule has 1 fully saturated rings. The number of pyridine rings is 1. The first-order chi connectivity index (χ1) is 14.0. The van der Waals surface area contributed by atoms with Crippen LogP contribution in [0.4, 0.5) is 5.69 Å². The van der Waals surface area contributed by atoms with E-state index in [4.69, 9.17) is 16.3 Å². The van der Waals surface area contributed by atoms with Gasteiger partial charge in [0, 0.05) is 41.8 Å². The van der Waals surface area contributed by atoms with E-state index in [0.29, 0.717) is 30.4 Å². The second-order valence-corrected chi connectivity index (χ2v) is 7.89. The smallest absolute Gasteiger partial charge is 0.254 e. The van der Waals surface area contributed by atoms with E-state index in [1.165, 1.54) is 0 Å². The average molecular weight is 410 g/mol. The summed E-state index contributed by atoms with van der Waals surface area (Å²) in [4.78, 5) is 19.1.